The van der Waals surface area contributed by atoms with Gasteiger partial charge in [-0.1, -0.05) is 12.1 Å². The van der Waals surface area contributed by atoms with Crippen molar-refractivity contribution in [2.45, 2.75) is 25.7 Å². The number of benzene rings is 2. The van der Waals surface area contributed by atoms with Gasteiger partial charge in [0.15, 0.2) is 5.69 Å². The number of amides is 2. The molecule has 1 aliphatic rings. The van der Waals surface area contributed by atoms with Crippen molar-refractivity contribution in [2.24, 2.45) is 7.05 Å². The van der Waals surface area contributed by atoms with Crippen molar-refractivity contribution < 1.29 is 18.4 Å². The molecule has 1 aromatic heterocycles. The highest BCUT2D eigenvalue weighted by molar-refractivity contribution is 9.10. The number of piperidine rings is 1. The Bertz CT molecular complexity index is 1280. The van der Waals surface area contributed by atoms with E-state index >= 15 is 0 Å². The molecule has 0 radical (unpaired) electrons. The van der Waals surface area contributed by atoms with Crippen LogP contribution in [0.1, 0.15) is 46.1 Å². The van der Waals surface area contributed by atoms with E-state index < -0.39 is 17.5 Å². The zero-order valence-corrected chi connectivity index (χ0v) is 21.0. The summed E-state index contributed by atoms with van der Waals surface area (Å²) in [7, 11) is 1.82. The molecule has 182 valence electrons. The van der Waals surface area contributed by atoms with Crippen LogP contribution < -0.4 is 5.32 Å². The number of rotatable bonds is 5. The summed E-state index contributed by atoms with van der Waals surface area (Å²) in [5.74, 6) is -1.55. The largest absolute Gasteiger partial charge is 0.337 e. The maximum absolute atomic E-state index is 13.7. The van der Waals surface area contributed by atoms with Crippen molar-refractivity contribution in [3.8, 4) is 0 Å². The smallest absolute Gasteiger partial charge is 0.275 e. The first-order valence-electron chi connectivity index (χ1n) is 11.3. The molecule has 0 unspecified atom stereocenters. The molecule has 1 aliphatic heterocycles. The van der Waals surface area contributed by atoms with E-state index in [1.807, 2.05) is 43.1 Å². The fourth-order valence-electron chi connectivity index (χ4n) is 4.11. The lowest BCUT2D eigenvalue weighted by atomic mass is 9.89. The van der Waals surface area contributed by atoms with Gasteiger partial charge in [-0.2, -0.15) is 5.10 Å². The van der Waals surface area contributed by atoms with E-state index in [9.17, 15) is 18.4 Å². The van der Waals surface area contributed by atoms with Crippen molar-refractivity contribution >= 4 is 39.5 Å². The molecule has 0 saturated carbocycles. The first-order chi connectivity index (χ1) is 16.7. The fraction of sp³-hybridized carbons (Fsp3) is 0.269. The molecule has 0 aliphatic carbocycles. The van der Waals surface area contributed by atoms with E-state index in [2.05, 4.69) is 26.3 Å². The Morgan fingerprint density at radius 2 is 1.80 bits per heavy atom. The molecule has 6 nitrogen and oxygen atoms in total. The molecular weight excluding hydrogens is 518 g/mol. The number of nitrogens with zero attached hydrogens (tertiary/aromatic N) is 3. The molecule has 1 saturated heterocycles. The number of likely N-dealkylation sites (tertiary alicyclic amines) is 1. The van der Waals surface area contributed by atoms with Crippen LogP contribution in [0, 0.1) is 18.6 Å². The number of hydrogen-bond donors (Lipinski definition) is 1. The first kappa shape index (κ1) is 24.8. The van der Waals surface area contributed by atoms with Crippen LogP contribution in [-0.4, -0.2) is 39.6 Å². The lowest BCUT2D eigenvalue weighted by Gasteiger charge is -2.32. The number of anilines is 1. The summed E-state index contributed by atoms with van der Waals surface area (Å²) in [4.78, 5) is 26.9. The predicted octanol–water partition coefficient (Wildman–Crippen LogP) is 5.44. The highest BCUT2D eigenvalue weighted by Gasteiger charge is 2.28. The highest BCUT2D eigenvalue weighted by Crippen LogP contribution is 2.30. The molecule has 2 aromatic carbocycles. The average molecular weight is 543 g/mol. The molecule has 4 rings (SSSR count). The second-order valence-electron chi connectivity index (χ2n) is 8.55. The average Bonchev–Trinajstić information content (AvgIpc) is 3.11. The van der Waals surface area contributed by atoms with Gasteiger partial charge in [-0.05, 0) is 77.5 Å². The van der Waals surface area contributed by atoms with Crippen LogP contribution in [0.3, 0.4) is 0 Å². The van der Waals surface area contributed by atoms with Crippen LogP contribution >= 0.6 is 15.9 Å². The number of hydrogen-bond acceptors (Lipinski definition) is 3. The Labute approximate surface area is 210 Å². The number of aryl methyl sites for hydroxylation is 1. The number of nitrogens with one attached hydrogen (secondary N) is 1. The molecule has 0 atom stereocenters. The summed E-state index contributed by atoms with van der Waals surface area (Å²) >= 11 is 3.47. The third-order valence-electron chi connectivity index (χ3n) is 6.27. The zero-order valence-electron chi connectivity index (χ0n) is 19.4. The zero-order chi connectivity index (χ0) is 25.1. The van der Waals surface area contributed by atoms with E-state index in [0.717, 1.165) is 40.7 Å². The minimum atomic E-state index is -0.728. The minimum absolute atomic E-state index is 0.0642. The van der Waals surface area contributed by atoms with E-state index in [1.54, 1.807) is 4.68 Å². The Hall–Kier alpha value is -3.33. The second-order valence-corrected chi connectivity index (χ2v) is 9.34. The van der Waals surface area contributed by atoms with Crippen LogP contribution in [0.4, 0.5) is 14.5 Å². The third kappa shape index (κ3) is 5.67. The van der Waals surface area contributed by atoms with Gasteiger partial charge in [0.1, 0.15) is 11.6 Å². The number of carbonyl (C=O) groups excluding carboxylic acids is 2. The molecule has 9 heteroatoms. The molecule has 1 fully saturated rings. The van der Waals surface area contributed by atoms with Gasteiger partial charge in [-0.15, -0.1) is 0 Å². The molecule has 2 amide bonds. The SMILES string of the molecule is Cc1c(Br)c(C(=O)N2CCC(c3ccc(NC(=O)/C=C/c4ccc(F)cc4F)cc3)CC2)nn1C. The Balaban J connectivity index is 1.31. The maximum Gasteiger partial charge on any atom is 0.275 e. The van der Waals surface area contributed by atoms with Gasteiger partial charge in [0.2, 0.25) is 5.91 Å². The molecule has 3 aromatic rings. The van der Waals surface area contributed by atoms with E-state index in [0.29, 0.717) is 30.4 Å². The topological polar surface area (TPSA) is 67.2 Å². The lowest BCUT2D eigenvalue weighted by Crippen LogP contribution is -2.38. The minimum Gasteiger partial charge on any atom is -0.337 e. The molecule has 0 spiro atoms. The van der Waals surface area contributed by atoms with Gasteiger partial charge in [0, 0.05) is 43.5 Å². The molecule has 1 N–H and O–H groups in total. The van der Waals surface area contributed by atoms with Gasteiger partial charge in [-0.3, -0.25) is 14.3 Å². The number of carbonyl (C=O) groups is 2. The number of halogens is 3. The van der Waals surface area contributed by atoms with Crippen LogP contribution in [0.25, 0.3) is 6.08 Å². The lowest BCUT2D eigenvalue weighted by molar-refractivity contribution is -0.111. The summed E-state index contributed by atoms with van der Waals surface area (Å²) in [6, 6.07) is 10.8. The second kappa shape index (κ2) is 10.5. The number of aromatic nitrogens is 2. The van der Waals surface area contributed by atoms with Crippen molar-refractivity contribution in [1.29, 1.82) is 0 Å². The van der Waals surface area contributed by atoms with Crippen molar-refractivity contribution in [3.05, 3.63) is 87.2 Å². The van der Waals surface area contributed by atoms with E-state index in [-0.39, 0.29) is 11.5 Å². The van der Waals surface area contributed by atoms with Gasteiger partial charge in [-0.25, -0.2) is 8.78 Å². The normalized spacial score (nSPS) is 14.5. The highest BCUT2D eigenvalue weighted by atomic mass is 79.9. The van der Waals surface area contributed by atoms with Gasteiger partial charge < -0.3 is 10.2 Å². The van der Waals surface area contributed by atoms with Crippen LogP contribution in [0.2, 0.25) is 0 Å². The van der Waals surface area contributed by atoms with Crippen LogP contribution in [0.15, 0.2) is 53.0 Å². The van der Waals surface area contributed by atoms with Gasteiger partial charge >= 0.3 is 0 Å². The van der Waals surface area contributed by atoms with Gasteiger partial charge in [0.05, 0.1) is 10.2 Å². The van der Waals surface area contributed by atoms with Crippen molar-refractivity contribution in [3.63, 3.8) is 0 Å². The van der Waals surface area contributed by atoms with E-state index in [1.165, 1.54) is 18.2 Å². The quantitative estimate of drug-likeness (QED) is 0.436. The Morgan fingerprint density at radius 3 is 2.40 bits per heavy atom. The molecule has 35 heavy (non-hydrogen) atoms. The van der Waals surface area contributed by atoms with Gasteiger partial charge in [0.25, 0.3) is 5.91 Å². The monoisotopic (exact) mass is 542 g/mol. The fourth-order valence-corrected chi connectivity index (χ4v) is 4.61. The summed E-state index contributed by atoms with van der Waals surface area (Å²) < 4.78 is 29.1. The summed E-state index contributed by atoms with van der Waals surface area (Å²) in [5.41, 5.74) is 3.25. The first-order valence-corrected chi connectivity index (χ1v) is 12.0. The molecular formula is C26H25BrF2N4O2. The van der Waals surface area contributed by atoms with E-state index in [4.69, 9.17) is 0 Å². The summed E-state index contributed by atoms with van der Waals surface area (Å²) in [6.07, 6.45) is 4.19. The maximum atomic E-state index is 13.7. The van der Waals surface area contributed by atoms with Crippen LogP contribution in [0.5, 0.6) is 0 Å². The molecule has 2 heterocycles. The van der Waals surface area contributed by atoms with Crippen molar-refractivity contribution in [1.82, 2.24) is 14.7 Å². The summed E-state index contributed by atoms with van der Waals surface area (Å²) in [5, 5.41) is 7.08. The standard InChI is InChI=1S/C26H25BrF2N4O2/c1-16-24(27)25(31-32(16)2)26(35)33-13-11-18(12-14-33)17-4-8-21(9-5-17)30-23(34)10-6-19-3-7-20(28)15-22(19)29/h3-10,15,18H,11-14H2,1-2H3,(H,30,34)/b10-6+. The molecule has 0 bridgehead atoms. The third-order valence-corrected chi connectivity index (χ3v) is 7.22. The Kier molecular flexibility index (Phi) is 7.45. The van der Waals surface area contributed by atoms with Crippen LogP contribution in [-0.2, 0) is 11.8 Å². The predicted molar refractivity (Wildman–Crippen MR) is 134 cm³/mol. The van der Waals surface area contributed by atoms with Crippen molar-refractivity contribution in [2.75, 3.05) is 18.4 Å². The Morgan fingerprint density at radius 1 is 1.11 bits per heavy atom. The summed E-state index contributed by atoms with van der Waals surface area (Å²) in [6.45, 7) is 3.21.